The van der Waals surface area contributed by atoms with Gasteiger partial charge >= 0.3 is 0 Å². The van der Waals surface area contributed by atoms with Gasteiger partial charge in [0, 0.05) is 30.1 Å². The Kier molecular flexibility index (Phi) is 5.72. The first kappa shape index (κ1) is 19.6. The van der Waals surface area contributed by atoms with E-state index in [4.69, 9.17) is 4.74 Å². The summed E-state index contributed by atoms with van der Waals surface area (Å²) in [4.78, 5) is 2.58. The molecule has 1 aliphatic rings. The van der Waals surface area contributed by atoms with Crippen LogP contribution in [0.3, 0.4) is 0 Å². The fourth-order valence-corrected chi connectivity index (χ4v) is 4.57. The van der Waals surface area contributed by atoms with Crippen LogP contribution in [-0.4, -0.2) is 31.9 Å². The van der Waals surface area contributed by atoms with Crippen molar-refractivity contribution in [1.29, 1.82) is 0 Å². The number of hydrazone groups is 1. The minimum absolute atomic E-state index is 0.252. The van der Waals surface area contributed by atoms with Crippen LogP contribution in [0.2, 0.25) is 0 Å². The highest BCUT2D eigenvalue weighted by Crippen LogP contribution is 2.20. The predicted molar refractivity (Wildman–Crippen MR) is 107 cm³/mol. The second-order valence-electron chi connectivity index (χ2n) is 7.19. The van der Waals surface area contributed by atoms with Crippen molar-refractivity contribution in [3.05, 3.63) is 52.3 Å². The minimum Gasteiger partial charge on any atom is -0.376 e. The van der Waals surface area contributed by atoms with Crippen molar-refractivity contribution in [3.8, 4) is 0 Å². The molecule has 0 radical (unpaired) electrons. The lowest BCUT2D eigenvalue weighted by Crippen LogP contribution is -2.19. The lowest BCUT2D eigenvalue weighted by Gasteiger charge is -2.14. The molecule has 0 amide bonds. The van der Waals surface area contributed by atoms with Crippen LogP contribution in [0.1, 0.15) is 40.9 Å². The van der Waals surface area contributed by atoms with Gasteiger partial charge in [-0.1, -0.05) is 12.1 Å². The van der Waals surface area contributed by atoms with Crippen LogP contribution < -0.4 is 4.83 Å². The van der Waals surface area contributed by atoms with E-state index in [9.17, 15) is 8.42 Å². The van der Waals surface area contributed by atoms with Crippen LogP contribution in [0.5, 0.6) is 0 Å². The molecular formula is C20H27N3O3S. The number of hydrogen-bond acceptors (Lipinski definition) is 4. The van der Waals surface area contributed by atoms with Gasteiger partial charge in [-0.25, -0.2) is 4.83 Å². The number of nitrogens with zero attached hydrogens (tertiary/aromatic N) is 2. The fourth-order valence-electron chi connectivity index (χ4n) is 3.44. The van der Waals surface area contributed by atoms with Crippen LogP contribution in [0.4, 0.5) is 0 Å². The van der Waals surface area contributed by atoms with E-state index in [-0.39, 0.29) is 11.0 Å². The molecule has 0 spiro atoms. The molecule has 1 aromatic heterocycles. The zero-order valence-electron chi connectivity index (χ0n) is 16.3. The molecule has 1 atom stereocenters. The standard InChI is InChI=1S/C20H27N3O3S/c1-14-7-8-15(2)20(10-14)27(24,25)22-21-12-18-11-16(3)23(17(18)4)13-19-6-5-9-26-19/h7-8,10-12,19,22H,5-6,9,13H2,1-4H3/b21-12-/t19-/m0/s1. The number of benzene rings is 1. The number of sulfonamides is 1. The Balaban J connectivity index is 1.75. The third-order valence-electron chi connectivity index (χ3n) is 5.03. The van der Waals surface area contributed by atoms with E-state index in [0.717, 1.165) is 48.5 Å². The molecule has 1 aliphatic heterocycles. The predicted octanol–water partition coefficient (Wildman–Crippen LogP) is 3.21. The molecule has 27 heavy (non-hydrogen) atoms. The Morgan fingerprint density at radius 1 is 1.26 bits per heavy atom. The van der Waals surface area contributed by atoms with Crippen molar-refractivity contribution in [2.45, 2.75) is 58.1 Å². The number of hydrogen-bond donors (Lipinski definition) is 1. The fraction of sp³-hybridized carbons (Fsp3) is 0.450. The monoisotopic (exact) mass is 389 g/mol. The van der Waals surface area contributed by atoms with Gasteiger partial charge in [0.2, 0.25) is 0 Å². The molecule has 2 heterocycles. The molecule has 2 aromatic rings. The SMILES string of the molecule is Cc1ccc(C)c(S(=O)(=O)N/N=C\c2cc(C)n(C[C@@H]3CCCO3)c2C)c1. The number of nitrogens with one attached hydrogen (secondary N) is 1. The van der Waals surface area contributed by atoms with Crippen molar-refractivity contribution in [2.24, 2.45) is 5.10 Å². The van der Waals surface area contributed by atoms with Gasteiger partial charge in [0.15, 0.2) is 0 Å². The van der Waals surface area contributed by atoms with Gasteiger partial charge in [-0.3, -0.25) is 0 Å². The van der Waals surface area contributed by atoms with Gasteiger partial charge in [0.25, 0.3) is 10.0 Å². The first-order chi connectivity index (χ1) is 12.8. The lowest BCUT2D eigenvalue weighted by molar-refractivity contribution is 0.0962. The molecule has 1 N–H and O–H groups in total. The average molecular weight is 390 g/mol. The summed E-state index contributed by atoms with van der Waals surface area (Å²) in [6, 6.07) is 7.35. The lowest BCUT2D eigenvalue weighted by atomic mass is 10.2. The Hall–Kier alpha value is -2.12. The van der Waals surface area contributed by atoms with Gasteiger partial charge in [0.05, 0.1) is 17.2 Å². The number of aryl methyl sites for hydroxylation is 3. The van der Waals surface area contributed by atoms with E-state index in [2.05, 4.69) is 14.5 Å². The second kappa shape index (κ2) is 7.86. The zero-order valence-corrected chi connectivity index (χ0v) is 17.1. The Morgan fingerprint density at radius 3 is 2.74 bits per heavy atom. The molecular weight excluding hydrogens is 362 g/mol. The van der Waals surface area contributed by atoms with E-state index in [0.29, 0.717) is 5.56 Å². The average Bonchev–Trinajstić information content (AvgIpc) is 3.21. The van der Waals surface area contributed by atoms with Crippen LogP contribution in [-0.2, 0) is 21.3 Å². The number of ether oxygens (including phenoxy) is 1. The van der Waals surface area contributed by atoms with Crippen molar-refractivity contribution in [1.82, 2.24) is 9.40 Å². The highest BCUT2D eigenvalue weighted by atomic mass is 32.2. The van der Waals surface area contributed by atoms with Gasteiger partial charge < -0.3 is 9.30 Å². The normalized spacial score (nSPS) is 17.7. The molecule has 7 heteroatoms. The Morgan fingerprint density at radius 2 is 2.04 bits per heavy atom. The largest absolute Gasteiger partial charge is 0.376 e. The molecule has 1 fully saturated rings. The summed E-state index contributed by atoms with van der Waals surface area (Å²) in [5, 5.41) is 4.00. The smallest absolute Gasteiger partial charge is 0.276 e. The van der Waals surface area contributed by atoms with E-state index < -0.39 is 10.0 Å². The summed E-state index contributed by atoms with van der Waals surface area (Å²) in [5.74, 6) is 0. The summed E-state index contributed by atoms with van der Waals surface area (Å²) in [6.07, 6.45) is 4.01. The zero-order chi connectivity index (χ0) is 19.6. The highest BCUT2D eigenvalue weighted by molar-refractivity contribution is 7.89. The third kappa shape index (κ3) is 4.42. The first-order valence-corrected chi connectivity index (χ1v) is 10.7. The van der Waals surface area contributed by atoms with E-state index in [1.807, 2.05) is 32.9 Å². The molecule has 0 bridgehead atoms. The van der Waals surface area contributed by atoms with Crippen LogP contribution >= 0.6 is 0 Å². The van der Waals surface area contributed by atoms with E-state index in [1.165, 1.54) is 0 Å². The quantitative estimate of drug-likeness (QED) is 0.609. The summed E-state index contributed by atoms with van der Waals surface area (Å²) in [7, 11) is -3.69. The Bertz CT molecular complexity index is 955. The number of rotatable bonds is 6. The van der Waals surface area contributed by atoms with Gasteiger partial charge in [-0.2, -0.15) is 13.5 Å². The Labute approximate surface area is 161 Å². The molecule has 0 unspecified atom stereocenters. The van der Waals surface area contributed by atoms with Gasteiger partial charge in [0.1, 0.15) is 0 Å². The summed E-state index contributed by atoms with van der Waals surface area (Å²) in [6.45, 7) is 9.35. The molecule has 6 nitrogen and oxygen atoms in total. The molecule has 0 aliphatic carbocycles. The van der Waals surface area contributed by atoms with Crippen LogP contribution in [0, 0.1) is 27.7 Å². The number of aromatic nitrogens is 1. The minimum atomic E-state index is -3.69. The maximum absolute atomic E-state index is 12.5. The van der Waals surface area contributed by atoms with Gasteiger partial charge in [-0.05, 0) is 63.8 Å². The molecule has 1 aromatic carbocycles. The molecule has 3 rings (SSSR count). The summed E-state index contributed by atoms with van der Waals surface area (Å²) in [5.41, 5.74) is 4.65. The second-order valence-corrected chi connectivity index (χ2v) is 8.82. The van der Waals surface area contributed by atoms with Gasteiger partial charge in [-0.15, -0.1) is 0 Å². The molecule has 0 saturated carbocycles. The van der Waals surface area contributed by atoms with Crippen molar-refractivity contribution >= 4 is 16.2 Å². The third-order valence-corrected chi connectivity index (χ3v) is 6.40. The molecule has 146 valence electrons. The van der Waals surface area contributed by atoms with Crippen LogP contribution in [0.25, 0.3) is 0 Å². The summed E-state index contributed by atoms with van der Waals surface area (Å²) >= 11 is 0. The maximum atomic E-state index is 12.5. The molecule has 1 saturated heterocycles. The van der Waals surface area contributed by atoms with Crippen molar-refractivity contribution < 1.29 is 13.2 Å². The van der Waals surface area contributed by atoms with E-state index in [1.54, 1.807) is 25.3 Å². The maximum Gasteiger partial charge on any atom is 0.276 e. The first-order valence-electron chi connectivity index (χ1n) is 9.18. The van der Waals surface area contributed by atoms with Crippen LogP contribution in [0.15, 0.2) is 34.3 Å². The van der Waals surface area contributed by atoms with E-state index >= 15 is 0 Å². The topological polar surface area (TPSA) is 72.7 Å². The van der Waals surface area contributed by atoms with Crippen molar-refractivity contribution in [2.75, 3.05) is 6.61 Å². The highest BCUT2D eigenvalue weighted by Gasteiger charge is 2.19. The van der Waals surface area contributed by atoms with Crippen molar-refractivity contribution in [3.63, 3.8) is 0 Å². The summed E-state index contributed by atoms with van der Waals surface area (Å²) < 4.78 is 33.0.